The highest BCUT2D eigenvalue weighted by Crippen LogP contribution is 2.00. The number of nitrogens with zero attached hydrogens (tertiary/aromatic N) is 1. The molecule has 1 rings (SSSR count). The monoisotopic (exact) mass is 286 g/mol. The van der Waals surface area contributed by atoms with Crippen molar-refractivity contribution in [3.63, 3.8) is 0 Å². The quantitative estimate of drug-likeness (QED) is 0.781. The van der Waals surface area contributed by atoms with Crippen molar-refractivity contribution in [1.29, 1.82) is 0 Å². The number of unbranched alkanes of at least 4 members (excludes halogenated alkanes) is 2. The van der Waals surface area contributed by atoms with Gasteiger partial charge < -0.3 is 9.88 Å². The van der Waals surface area contributed by atoms with E-state index in [9.17, 15) is 4.79 Å². The highest BCUT2D eigenvalue weighted by Gasteiger charge is 1.98. The molecule has 3 nitrogen and oxygen atoms in total. The third-order valence-corrected chi connectivity index (χ3v) is 3.06. The lowest BCUT2D eigenvalue weighted by Crippen LogP contribution is -2.27. The fourth-order valence-electron chi connectivity index (χ4n) is 1.51. The van der Waals surface area contributed by atoms with Crippen LogP contribution in [0, 0.1) is 0 Å². The summed E-state index contributed by atoms with van der Waals surface area (Å²) in [5, 5.41) is 3.34. The molecule has 0 fully saturated rings. The molecule has 0 aliphatic carbocycles. The van der Waals surface area contributed by atoms with Crippen molar-refractivity contribution in [3.05, 3.63) is 33.2 Å². The first-order chi connectivity index (χ1) is 7.75. The normalized spacial score (nSPS) is 10.6. The SMILES string of the molecule is CCCCCNCCn1cccc(Br)c1=O. The van der Waals surface area contributed by atoms with Gasteiger partial charge in [0.15, 0.2) is 0 Å². The second kappa shape index (κ2) is 7.63. The first-order valence-electron chi connectivity index (χ1n) is 5.81. The van der Waals surface area contributed by atoms with Gasteiger partial charge in [-0.3, -0.25) is 4.79 Å². The molecule has 1 aromatic heterocycles. The minimum Gasteiger partial charge on any atom is -0.315 e. The van der Waals surface area contributed by atoms with Crippen LogP contribution in [-0.2, 0) is 6.54 Å². The van der Waals surface area contributed by atoms with E-state index in [1.54, 1.807) is 10.6 Å². The fourth-order valence-corrected chi connectivity index (χ4v) is 1.89. The van der Waals surface area contributed by atoms with E-state index in [0.717, 1.165) is 19.6 Å². The molecule has 0 radical (unpaired) electrons. The maximum Gasteiger partial charge on any atom is 0.264 e. The molecule has 0 atom stereocenters. The standard InChI is InChI=1S/C12H19BrN2O/c1-2-3-4-7-14-8-10-15-9-5-6-11(13)12(15)16/h5-6,9,14H,2-4,7-8,10H2,1H3. The van der Waals surface area contributed by atoms with Crippen molar-refractivity contribution < 1.29 is 0 Å². The number of halogens is 1. The zero-order valence-corrected chi connectivity index (χ0v) is 11.3. The number of hydrogen-bond donors (Lipinski definition) is 1. The maximum absolute atomic E-state index is 11.6. The number of pyridine rings is 1. The Bertz CT molecular complexity index is 362. The van der Waals surface area contributed by atoms with Gasteiger partial charge in [-0.25, -0.2) is 0 Å². The number of nitrogens with one attached hydrogen (secondary N) is 1. The van der Waals surface area contributed by atoms with Crippen molar-refractivity contribution in [2.45, 2.75) is 32.7 Å². The van der Waals surface area contributed by atoms with Gasteiger partial charge in [0.2, 0.25) is 0 Å². The van der Waals surface area contributed by atoms with E-state index in [4.69, 9.17) is 0 Å². The molecule has 1 N–H and O–H groups in total. The molecule has 0 aliphatic rings. The average molecular weight is 287 g/mol. The minimum absolute atomic E-state index is 0.0397. The summed E-state index contributed by atoms with van der Waals surface area (Å²) in [5.41, 5.74) is 0.0397. The largest absolute Gasteiger partial charge is 0.315 e. The number of hydrogen-bond acceptors (Lipinski definition) is 2. The van der Waals surface area contributed by atoms with Crippen LogP contribution in [0.1, 0.15) is 26.2 Å². The van der Waals surface area contributed by atoms with Crippen LogP contribution in [-0.4, -0.2) is 17.7 Å². The van der Waals surface area contributed by atoms with Gasteiger partial charge in [0.25, 0.3) is 5.56 Å². The van der Waals surface area contributed by atoms with Crippen molar-refractivity contribution >= 4 is 15.9 Å². The zero-order chi connectivity index (χ0) is 11.8. The topological polar surface area (TPSA) is 34.0 Å². The molecule has 16 heavy (non-hydrogen) atoms. The number of rotatable bonds is 7. The highest BCUT2D eigenvalue weighted by atomic mass is 79.9. The predicted molar refractivity (Wildman–Crippen MR) is 70.8 cm³/mol. The van der Waals surface area contributed by atoms with Crippen LogP contribution in [0.4, 0.5) is 0 Å². The summed E-state index contributed by atoms with van der Waals surface area (Å²) in [6.07, 6.45) is 5.54. The van der Waals surface area contributed by atoms with Gasteiger partial charge >= 0.3 is 0 Å². The highest BCUT2D eigenvalue weighted by molar-refractivity contribution is 9.10. The van der Waals surface area contributed by atoms with E-state index < -0.39 is 0 Å². The van der Waals surface area contributed by atoms with Crippen LogP contribution in [0.15, 0.2) is 27.6 Å². The van der Waals surface area contributed by atoms with E-state index in [2.05, 4.69) is 28.2 Å². The lowest BCUT2D eigenvalue weighted by molar-refractivity contribution is 0.560. The average Bonchev–Trinajstić information content (AvgIpc) is 2.29. The molecule has 1 aromatic rings. The Balaban J connectivity index is 2.27. The summed E-state index contributed by atoms with van der Waals surface area (Å²) in [6.45, 7) is 4.81. The zero-order valence-electron chi connectivity index (χ0n) is 9.71. The van der Waals surface area contributed by atoms with Crippen LogP contribution in [0.25, 0.3) is 0 Å². The van der Waals surface area contributed by atoms with Gasteiger partial charge in [0, 0.05) is 19.3 Å². The Morgan fingerprint density at radius 3 is 2.94 bits per heavy atom. The molecule has 4 heteroatoms. The van der Waals surface area contributed by atoms with Crippen LogP contribution in [0.3, 0.4) is 0 Å². The summed E-state index contributed by atoms with van der Waals surface area (Å²) < 4.78 is 2.35. The summed E-state index contributed by atoms with van der Waals surface area (Å²) in [6, 6.07) is 3.65. The van der Waals surface area contributed by atoms with Gasteiger partial charge in [0.05, 0.1) is 4.47 Å². The summed E-state index contributed by atoms with van der Waals surface area (Å²) in [7, 11) is 0. The molecule has 0 aromatic carbocycles. The van der Waals surface area contributed by atoms with Gasteiger partial charge in [-0.05, 0) is 41.0 Å². The van der Waals surface area contributed by atoms with Crippen LogP contribution < -0.4 is 10.9 Å². The van der Waals surface area contributed by atoms with Crippen LogP contribution in [0.2, 0.25) is 0 Å². The second-order valence-electron chi connectivity index (χ2n) is 3.81. The second-order valence-corrected chi connectivity index (χ2v) is 4.67. The lowest BCUT2D eigenvalue weighted by atomic mass is 10.2. The van der Waals surface area contributed by atoms with E-state index in [1.165, 1.54) is 19.3 Å². The van der Waals surface area contributed by atoms with E-state index in [-0.39, 0.29) is 5.56 Å². The first-order valence-corrected chi connectivity index (χ1v) is 6.60. The van der Waals surface area contributed by atoms with E-state index in [1.807, 2.05) is 12.3 Å². The van der Waals surface area contributed by atoms with E-state index in [0.29, 0.717) is 4.47 Å². The molecule has 0 unspecified atom stereocenters. The van der Waals surface area contributed by atoms with Crippen LogP contribution in [0.5, 0.6) is 0 Å². The Morgan fingerprint density at radius 2 is 2.19 bits per heavy atom. The Morgan fingerprint density at radius 1 is 1.38 bits per heavy atom. The van der Waals surface area contributed by atoms with Gasteiger partial charge in [0.1, 0.15) is 0 Å². The molecular weight excluding hydrogens is 268 g/mol. The fraction of sp³-hybridized carbons (Fsp3) is 0.583. The molecule has 1 heterocycles. The molecule has 90 valence electrons. The smallest absolute Gasteiger partial charge is 0.264 e. The summed E-state index contributed by atoms with van der Waals surface area (Å²) in [4.78, 5) is 11.6. The molecule has 0 aliphatic heterocycles. The number of aromatic nitrogens is 1. The summed E-state index contributed by atoms with van der Waals surface area (Å²) in [5.74, 6) is 0. The summed E-state index contributed by atoms with van der Waals surface area (Å²) >= 11 is 3.24. The van der Waals surface area contributed by atoms with Crippen molar-refractivity contribution in [3.8, 4) is 0 Å². The van der Waals surface area contributed by atoms with Crippen molar-refractivity contribution in [1.82, 2.24) is 9.88 Å². The first kappa shape index (κ1) is 13.5. The van der Waals surface area contributed by atoms with Gasteiger partial charge in [-0.1, -0.05) is 19.8 Å². The molecule has 0 amide bonds. The molecular formula is C12H19BrN2O. The third kappa shape index (κ3) is 4.49. The van der Waals surface area contributed by atoms with Gasteiger partial charge in [-0.2, -0.15) is 0 Å². The third-order valence-electron chi connectivity index (χ3n) is 2.46. The van der Waals surface area contributed by atoms with Crippen molar-refractivity contribution in [2.75, 3.05) is 13.1 Å². The Labute approximate surface area is 105 Å². The molecule has 0 spiro atoms. The van der Waals surface area contributed by atoms with E-state index >= 15 is 0 Å². The van der Waals surface area contributed by atoms with Crippen molar-refractivity contribution in [2.24, 2.45) is 0 Å². The maximum atomic E-state index is 11.6. The van der Waals surface area contributed by atoms with Crippen LogP contribution >= 0.6 is 15.9 Å². The van der Waals surface area contributed by atoms with Gasteiger partial charge in [-0.15, -0.1) is 0 Å². The molecule has 0 saturated heterocycles. The minimum atomic E-state index is 0.0397. The molecule has 0 saturated carbocycles. The Kier molecular flexibility index (Phi) is 6.42. The molecule has 0 bridgehead atoms. The predicted octanol–water partition coefficient (Wildman–Crippen LogP) is 2.39. The lowest BCUT2D eigenvalue weighted by Gasteiger charge is -2.07. The Hall–Kier alpha value is -0.610.